The predicted octanol–water partition coefficient (Wildman–Crippen LogP) is 7.85. The lowest BCUT2D eigenvalue weighted by atomic mass is 9.47. The molecule has 0 aromatic heterocycles. The Balaban J connectivity index is 1.26. The van der Waals surface area contributed by atoms with Gasteiger partial charge in [-0.2, -0.15) is 0 Å². The summed E-state index contributed by atoms with van der Waals surface area (Å²) in [5.41, 5.74) is 3.21. The van der Waals surface area contributed by atoms with E-state index in [9.17, 15) is 10.2 Å². The maximum Gasteiger partial charge on any atom is 0.188 e. The highest BCUT2D eigenvalue weighted by Gasteiger charge is 2.59. The average Bonchev–Trinajstić information content (AvgIpc) is 3.27. The lowest BCUT2D eigenvalue weighted by Gasteiger charge is -2.58. The first-order valence-corrected chi connectivity index (χ1v) is 16.7. The second-order valence-corrected chi connectivity index (χ2v) is 15.1. The van der Waals surface area contributed by atoms with Crippen LogP contribution >= 0.6 is 0 Å². The molecule has 0 spiro atoms. The van der Waals surface area contributed by atoms with E-state index < -0.39 is 12.4 Å². The monoisotopic (exact) mass is 554 g/mol. The molecule has 5 aliphatic rings. The molecular weight excluding hydrogens is 496 g/mol. The first-order valence-electron chi connectivity index (χ1n) is 16.7. The summed E-state index contributed by atoms with van der Waals surface area (Å²) in [7, 11) is 0. The predicted molar refractivity (Wildman–Crippen MR) is 162 cm³/mol. The molecule has 0 aromatic rings. The first kappa shape index (κ1) is 30.5. The third-order valence-corrected chi connectivity index (χ3v) is 12.8. The van der Waals surface area contributed by atoms with Crippen LogP contribution in [0.3, 0.4) is 0 Å². The van der Waals surface area contributed by atoms with Crippen LogP contribution in [0.25, 0.3) is 0 Å². The molecule has 0 radical (unpaired) electrons. The number of aliphatic hydroxyl groups excluding tert-OH is 2. The molecule has 0 bridgehead atoms. The molecule has 0 amide bonds. The molecule has 0 aromatic carbocycles. The summed E-state index contributed by atoms with van der Waals surface area (Å²) >= 11 is 0. The number of ether oxygens (including phenoxy) is 2. The molecule has 4 aliphatic carbocycles. The van der Waals surface area contributed by atoms with Gasteiger partial charge in [0, 0.05) is 0 Å². The van der Waals surface area contributed by atoms with E-state index in [1.54, 1.807) is 11.6 Å². The minimum absolute atomic E-state index is 0.0665. The number of hydrogen-bond acceptors (Lipinski definition) is 4. The van der Waals surface area contributed by atoms with E-state index in [-0.39, 0.29) is 24.2 Å². The van der Waals surface area contributed by atoms with Gasteiger partial charge in [-0.3, -0.25) is 0 Å². The fourth-order valence-corrected chi connectivity index (χ4v) is 10.2. The number of rotatable bonds is 8. The first-order chi connectivity index (χ1) is 19.0. The van der Waals surface area contributed by atoms with E-state index in [1.165, 1.54) is 38.5 Å². The summed E-state index contributed by atoms with van der Waals surface area (Å²) in [4.78, 5) is 0. The van der Waals surface area contributed by atoms with Crippen LogP contribution in [0.15, 0.2) is 35.5 Å². The Morgan fingerprint density at radius 1 is 1.07 bits per heavy atom. The summed E-state index contributed by atoms with van der Waals surface area (Å²) in [5, 5.41) is 20.2. The summed E-state index contributed by atoms with van der Waals surface area (Å²) in [6.07, 6.45) is 18.9. The minimum atomic E-state index is -0.775. The Labute approximate surface area is 244 Å². The maximum atomic E-state index is 10.6. The maximum absolute atomic E-state index is 10.6. The zero-order valence-corrected chi connectivity index (χ0v) is 26.4. The van der Waals surface area contributed by atoms with E-state index in [1.807, 2.05) is 6.92 Å². The molecule has 3 saturated carbocycles. The van der Waals surface area contributed by atoms with E-state index in [0.717, 1.165) is 54.4 Å². The molecule has 2 N–H and O–H groups in total. The van der Waals surface area contributed by atoms with Crippen molar-refractivity contribution in [3.05, 3.63) is 35.5 Å². The minimum Gasteiger partial charge on any atom is -0.393 e. The average molecular weight is 555 g/mol. The quantitative estimate of drug-likeness (QED) is 0.300. The fourth-order valence-electron chi connectivity index (χ4n) is 10.2. The van der Waals surface area contributed by atoms with Gasteiger partial charge in [0.25, 0.3) is 0 Å². The molecule has 1 aliphatic heterocycles. The van der Waals surface area contributed by atoms with Crippen LogP contribution in [-0.4, -0.2) is 41.4 Å². The van der Waals surface area contributed by atoms with Crippen molar-refractivity contribution in [2.75, 3.05) is 6.61 Å². The summed E-state index contributed by atoms with van der Waals surface area (Å²) in [6.45, 7) is 16.6. The number of aliphatic hydroxyl groups is 2. The van der Waals surface area contributed by atoms with Gasteiger partial charge in [-0.05, 0) is 129 Å². The van der Waals surface area contributed by atoms with Gasteiger partial charge in [0.15, 0.2) is 6.29 Å². The smallest absolute Gasteiger partial charge is 0.188 e. The lowest BCUT2D eigenvalue weighted by Crippen LogP contribution is -2.51. The van der Waals surface area contributed by atoms with Crippen molar-refractivity contribution in [3.8, 4) is 0 Å². The topological polar surface area (TPSA) is 58.9 Å². The molecule has 4 heteroatoms. The molecule has 12 atom stereocenters. The van der Waals surface area contributed by atoms with Gasteiger partial charge < -0.3 is 19.7 Å². The van der Waals surface area contributed by atoms with E-state index in [4.69, 9.17) is 9.47 Å². The highest BCUT2D eigenvalue weighted by atomic mass is 16.7. The van der Waals surface area contributed by atoms with Crippen LogP contribution in [-0.2, 0) is 9.47 Å². The summed E-state index contributed by atoms with van der Waals surface area (Å²) in [6, 6.07) is 0. The van der Waals surface area contributed by atoms with Gasteiger partial charge in [0.05, 0.1) is 12.7 Å². The van der Waals surface area contributed by atoms with Crippen molar-refractivity contribution in [1.29, 1.82) is 0 Å². The number of hydrogen-bond donors (Lipinski definition) is 2. The number of fused-ring (bicyclic) bond motifs is 5. The van der Waals surface area contributed by atoms with Crippen LogP contribution in [0.1, 0.15) is 106 Å². The second kappa shape index (κ2) is 12.0. The molecule has 1 heterocycles. The van der Waals surface area contributed by atoms with Crippen molar-refractivity contribution >= 4 is 0 Å². The zero-order chi connectivity index (χ0) is 28.8. The van der Waals surface area contributed by atoms with Gasteiger partial charge in [-0.15, -0.1) is 0 Å². The van der Waals surface area contributed by atoms with Crippen molar-refractivity contribution in [2.24, 2.45) is 52.3 Å². The Hall–Kier alpha value is -0.940. The van der Waals surface area contributed by atoms with Crippen LogP contribution in [0, 0.1) is 52.3 Å². The van der Waals surface area contributed by atoms with Gasteiger partial charge in [-0.1, -0.05) is 65.3 Å². The lowest BCUT2D eigenvalue weighted by molar-refractivity contribution is -0.235. The Morgan fingerprint density at radius 3 is 2.55 bits per heavy atom. The molecule has 226 valence electrons. The molecule has 4 nitrogen and oxygen atoms in total. The molecule has 5 rings (SSSR count). The van der Waals surface area contributed by atoms with Crippen LogP contribution in [0.4, 0.5) is 0 Å². The molecule has 40 heavy (non-hydrogen) atoms. The van der Waals surface area contributed by atoms with Crippen molar-refractivity contribution < 1.29 is 19.7 Å². The van der Waals surface area contributed by atoms with Gasteiger partial charge in [-0.25, -0.2) is 0 Å². The SMILES string of the molecule is CCC(/C=C/C(C)C1CCC2C3CC=C4CC(OC5OC(CO)C(C)=C[C@@H]5O)CCC4(C)C3CCC12C)C(C)C. The van der Waals surface area contributed by atoms with Gasteiger partial charge >= 0.3 is 0 Å². The molecular formula is C36H58O4. The highest BCUT2D eigenvalue weighted by molar-refractivity contribution is 5.26. The normalized spacial score (nSPS) is 45.0. The molecule has 3 fully saturated rings. The Morgan fingerprint density at radius 2 is 1.85 bits per heavy atom. The van der Waals surface area contributed by atoms with Crippen LogP contribution < -0.4 is 0 Å². The number of allylic oxidation sites excluding steroid dienone is 3. The molecule has 0 saturated heterocycles. The zero-order valence-electron chi connectivity index (χ0n) is 26.4. The standard InChI is InChI=1S/C36H58O4/c1-8-25(22(2)3)10-9-23(4)29-13-14-30-28-12-11-26-20-27(39-34-32(38)19-24(5)33(21-37)40-34)15-17-35(26,6)31(28)16-18-36(29,30)7/h9-11,19,22-23,25,27-34,37-38H,8,12-18,20-21H2,1-7H3/b10-9+/t23?,25?,27?,28?,29?,30?,31?,32-,33?,34?,35?,36?/m0/s1. The molecule has 11 unspecified atom stereocenters. The second-order valence-electron chi connectivity index (χ2n) is 15.1. The highest BCUT2D eigenvalue weighted by Crippen LogP contribution is 2.67. The van der Waals surface area contributed by atoms with Gasteiger partial charge in [0.1, 0.15) is 12.2 Å². The van der Waals surface area contributed by atoms with Gasteiger partial charge in [0.2, 0.25) is 0 Å². The van der Waals surface area contributed by atoms with Crippen LogP contribution in [0.2, 0.25) is 0 Å². The Bertz CT molecular complexity index is 981. The van der Waals surface area contributed by atoms with Crippen molar-refractivity contribution in [1.82, 2.24) is 0 Å². The Kier molecular flexibility index (Phi) is 9.14. The fraction of sp³-hybridized carbons (Fsp3) is 0.833. The third kappa shape index (κ3) is 5.45. The van der Waals surface area contributed by atoms with E-state index >= 15 is 0 Å². The summed E-state index contributed by atoms with van der Waals surface area (Å²) < 4.78 is 12.3. The van der Waals surface area contributed by atoms with Crippen molar-refractivity contribution in [3.63, 3.8) is 0 Å². The summed E-state index contributed by atoms with van der Waals surface area (Å²) in [5.74, 6) is 5.34. The van der Waals surface area contributed by atoms with E-state index in [2.05, 4.69) is 59.8 Å². The third-order valence-electron chi connectivity index (χ3n) is 12.8. The largest absolute Gasteiger partial charge is 0.393 e. The van der Waals surface area contributed by atoms with Crippen LogP contribution in [0.5, 0.6) is 0 Å². The van der Waals surface area contributed by atoms with Crippen molar-refractivity contribution in [2.45, 2.75) is 131 Å². The van der Waals surface area contributed by atoms with E-state index in [0.29, 0.717) is 17.3 Å².